The molecule has 22 heavy (non-hydrogen) atoms. The van der Waals surface area contributed by atoms with Gasteiger partial charge in [-0.05, 0) is 12.1 Å². The molecule has 0 unspecified atom stereocenters. The fourth-order valence-corrected chi connectivity index (χ4v) is 1.97. The molecule has 0 saturated heterocycles. The van der Waals surface area contributed by atoms with Crippen molar-refractivity contribution in [1.29, 1.82) is 0 Å². The van der Waals surface area contributed by atoms with Crippen molar-refractivity contribution in [3.63, 3.8) is 0 Å². The fraction of sp³-hybridized carbons (Fsp3) is 0.214. The van der Waals surface area contributed by atoms with Gasteiger partial charge in [0.2, 0.25) is 5.91 Å². The third kappa shape index (κ3) is 3.35. The lowest BCUT2D eigenvalue weighted by molar-refractivity contribution is -0.121. The SMILES string of the molecule is O=C(CCNc1ncnc2nc[nH]c12)NCc1ccccn1. The normalized spacial score (nSPS) is 10.5. The standard InChI is InChI=1S/C14H15N7O/c22-11(17-7-10-3-1-2-5-15-10)4-6-16-13-12-14(19-8-18-12)21-9-20-13/h1-3,5,8-9H,4,6-7H2,(H,17,22)(H2,16,18,19,20,21). The van der Waals surface area contributed by atoms with E-state index in [1.165, 1.54) is 6.33 Å². The van der Waals surface area contributed by atoms with Gasteiger partial charge in [0.15, 0.2) is 11.5 Å². The second kappa shape index (κ2) is 6.61. The molecular formula is C14H15N7O. The number of imidazole rings is 1. The van der Waals surface area contributed by atoms with E-state index in [0.29, 0.717) is 31.0 Å². The number of hydrogen-bond donors (Lipinski definition) is 3. The Morgan fingerprint density at radius 3 is 3.00 bits per heavy atom. The van der Waals surface area contributed by atoms with Crippen LogP contribution in [0.2, 0.25) is 0 Å². The molecule has 0 spiro atoms. The molecule has 0 aliphatic heterocycles. The van der Waals surface area contributed by atoms with Crippen LogP contribution in [-0.2, 0) is 11.3 Å². The molecule has 112 valence electrons. The maximum Gasteiger partial charge on any atom is 0.222 e. The van der Waals surface area contributed by atoms with Gasteiger partial charge in [0.1, 0.15) is 11.8 Å². The van der Waals surface area contributed by atoms with Gasteiger partial charge in [-0.2, -0.15) is 0 Å². The van der Waals surface area contributed by atoms with Crippen molar-refractivity contribution < 1.29 is 4.79 Å². The van der Waals surface area contributed by atoms with Crippen molar-refractivity contribution >= 4 is 22.9 Å². The lowest BCUT2D eigenvalue weighted by atomic mass is 10.3. The molecule has 8 heteroatoms. The third-order valence-electron chi connectivity index (χ3n) is 3.06. The van der Waals surface area contributed by atoms with Crippen molar-refractivity contribution in [2.75, 3.05) is 11.9 Å². The first-order valence-corrected chi connectivity index (χ1v) is 6.87. The summed E-state index contributed by atoms with van der Waals surface area (Å²) in [5.74, 6) is 0.591. The van der Waals surface area contributed by atoms with E-state index in [1.54, 1.807) is 12.5 Å². The van der Waals surface area contributed by atoms with Crippen LogP contribution in [0.15, 0.2) is 37.1 Å². The molecule has 0 radical (unpaired) electrons. The zero-order valence-electron chi connectivity index (χ0n) is 11.8. The van der Waals surface area contributed by atoms with E-state index >= 15 is 0 Å². The Kier molecular flexibility index (Phi) is 4.19. The van der Waals surface area contributed by atoms with Crippen LogP contribution in [0.4, 0.5) is 5.82 Å². The van der Waals surface area contributed by atoms with Gasteiger partial charge in [-0.1, -0.05) is 6.07 Å². The maximum absolute atomic E-state index is 11.8. The molecule has 0 saturated carbocycles. The molecule has 3 aromatic heterocycles. The second-order valence-corrected chi connectivity index (χ2v) is 4.60. The average molecular weight is 297 g/mol. The first kappa shape index (κ1) is 13.9. The molecule has 0 bridgehead atoms. The van der Waals surface area contributed by atoms with Gasteiger partial charge in [-0.15, -0.1) is 0 Å². The minimum absolute atomic E-state index is 0.0481. The van der Waals surface area contributed by atoms with Gasteiger partial charge in [-0.3, -0.25) is 9.78 Å². The summed E-state index contributed by atoms with van der Waals surface area (Å²) in [6.07, 6.45) is 5.04. The number of aromatic nitrogens is 5. The van der Waals surface area contributed by atoms with E-state index in [-0.39, 0.29) is 5.91 Å². The predicted molar refractivity (Wildman–Crippen MR) is 80.9 cm³/mol. The van der Waals surface area contributed by atoms with E-state index in [2.05, 4.69) is 35.6 Å². The second-order valence-electron chi connectivity index (χ2n) is 4.60. The van der Waals surface area contributed by atoms with E-state index in [4.69, 9.17) is 0 Å². The monoisotopic (exact) mass is 297 g/mol. The molecule has 0 aromatic carbocycles. The van der Waals surface area contributed by atoms with Crippen molar-refractivity contribution in [2.24, 2.45) is 0 Å². The van der Waals surface area contributed by atoms with Crippen LogP contribution < -0.4 is 10.6 Å². The summed E-state index contributed by atoms with van der Waals surface area (Å²) in [7, 11) is 0. The Morgan fingerprint density at radius 1 is 1.18 bits per heavy atom. The van der Waals surface area contributed by atoms with Crippen molar-refractivity contribution in [1.82, 2.24) is 30.2 Å². The summed E-state index contributed by atoms with van der Waals surface area (Å²) in [6, 6.07) is 5.60. The number of carbonyl (C=O) groups excluding carboxylic acids is 1. The average Bonchev–Trinajstić information content (AvgIpc) is 3.03. The summed E-state index contributed by atoms with van der Waals surface area (Å²) in [6.45, 7) is 0.900. The van der Waals surface area contributed by atoms with Crippen LogP contribution in [0, 0.1) is 0 Å². The number of rotatable bonds is 6. The Hall–Kier alpha value is -3.03. The van der Waals surface area contributed by atoms with E-state index < -0.39 is 0 Å². The maximum atomic E-state index is 11.8. The topological polar surface area (TPSA) is 108 Å². The summed E-state index contributed by atoms with van der Waals surface area (Å²) in [5.41, 5.74) is 2.16. The minimum Gasteiger partial charge on any atom is -0.368 e. The fourth-order valence-electron chi connectivity index (χ4n) is 1.97. The number of amides is 1. The Morgan fingerprint density at radius 2 is 2.14 bits per heavy atom. The minimum atomic E-state index is -0.0481. The largest absolute Gasteiger partial charge is 0.368 e. The number of nitrogens with zero attached hydrogens (tertiary/aromatic N) is 4. The molecule has 1 amide bonds. The quantitative estimate of drug-likeness (QED) is 0.623. The first-order valence-electron chi connectivity index (χ1n) is 6.87. The van der Waals surface area contributed by atoms with Crippen LogP contribution in [0.25, 0.3) is 11.2 Å². The summed E-state index contributed by atoms with van der Waals surface area (Å²) in [5, 5.41) is 5.93. The Labute approximate surface area is 126 Å². The Balaban J connectivity index is 1.46. The molecule has 0 fully saturated rings. The number of nitrogens with one attached hydrogen (secondary N) is 3. The van der Waals surface area contributed by atoms with Gasteiger partial charge >= 0.3 is 0 Å². The van der Waals surface area contributed by atoms with Crippen molar-refractivity contribution in [2.45, 2.75) is 13.0 Å². The Bertz CT molecular complexity index is 756. The van der Waals surface area contributed by atoms with Crippen LogP contribution in [-0.4, -0.2) is 37.4 Å². The molecule has 3 rings (SSSR count). The molecule has 0 aliphatic rings. The van der Waals surface area contributed by atoms with Gasteiger partial charge < -0.3 is 15.6 Å². The molecular weight excluding hydrogens is 282 g/mol. The highest BCUT2D eigenvalue weighted by atomic mass is 16.1. The van der Waals surface area contributed by atoms with Crippen molar-refractivity contribution in [3.05, 3.63) is 42.7 Å². The number of anilines is 1. The smallest absolute Gasteiger partial charge is 0.222 e. The zero-order valence-corrected chi connectivity index (χ0v) is 11.8. The molecule has 3 N–H and O–H groups in total. The molecule has 3 heterocycles. The van der Waals surface area contributed by atoms with E-state index in [1.807, 2.05) is 18.2 Å². The number of carbonyl (C=O) groups is 1. The number of H-pyrrole nitrogens is 1. The van der Waals surface area contributed by atoms with E-state index in [9.17, 15) is 4.79 Å². The summed E-state index contributed by atoms with van der Waals surface area (Å²) < 4.78 is 0. The van der Waals surface area contributed by atoms with Gasteiger partial charge in [-0.25, -0.2) is 15.0 Å². The molecule has 0 aliphatic carbocycles. The number of pyridine rings is 1. The highest BCUT2D eigenvalue weighted by Crippen LogP contribution is 2.13. The lowest BCUT2D eigenvalue weighted by Crippen LogP contribution is -2.25. The number of aromatic amines is 1. The summed E-state index contributed by atoms with van der Waals surface area (Å²) >= 11 is 0. The van der Waals surface area contributed by atoms with Crippen LogP contribution in [0.5, 0.6) is 0 Å². The third-order valence-corrected chi connectivity index (χ3v) is 3.06. The highest BCUT2D eigenvalue weighted by Gasteiger charge is 2.06. The molecule has 0 atom stereocenters. The number of fused-ring (bicyclic) bond motifs is 1. The van der Waals surface area contributed by atoms with Gasteiger partial charge in [0.05, 0.1) is 18.6 Å². The van der Waals surface area contributed by atoms with Crippen molar-refractivity contribution in [3.8, 4) is 0 Å². The predicted octanol–water partition coefficient (Wildman–Crippen LogP) is 0.866. The first-order chi connectivity index (χ1) is 10.8. The molecule has 8 nitrogen and oxygen atoms in total. The highest BCUT2D eigenvalue weighted by molar-refractivity contribution is 5.82. The molecule has 3 aromatic rings. The lowest BCUT2D eigenvalue weighted by Gasteiger charge is -2.07. The summed E-state index contributed by atoms with van der Waals surface area (Å²) in [4.78, 5) is 31.1. The van der Waals surface area contributed by atoms with Crippen LogP contribution in [0.1, 0.15) is 12.1 Å². The van der Waals surface area contributed by atoms with Crippen LogP contribution in [0.3, 0.4) is 0 Å². The number of hydrogen-bond acceptors (Lipinski definition) is 6. The van der Waals surface area contributed by atoms with Crippen LogP contribution >= 0.6 is 0 Å². The van der Waals surface area contributed by atoms with E-state index in [0.717, 1.165) is 11.2 Å². The van der Waals surface area contributed by atoms with Gasteiger partial charge in [0, 0.05) is 19.2 Å². The van der Waals surface area contributed by atoms with Gasteiger partial charge in [0.25, 0.3) is 0 Å². The zero-order chi connectivity index (χ0) is 15.2.